The first kappa shape index (κ1) is 41.7. The molecule has 3 aliphatic rings. The van der Waals surface area contributed by atoms with Gasteiger partial charge in [-0.25, -0.2) is 14.2 Å². The molecule has 0 unspecified atom stereocenters. The zero-order valence-corrected chi connectivity index (χ0v) is 36.1. The Hall–Kier alpha value is -6.68. The van der Waals surface area contributed by atoms with Crippen molar-refractivity contribution in [3.63, 3.8) is 0 Å². The van der Waals surface area contributed by atoms with E-state index in [1.807, 2.05) is 45.2 Å². The third kappa shape index (κ3) is 8.85. The highest BCUT2D eigenvalue weighted by molar-refractivity contribution is 6.05. The number of nitrogens with zero attached hydrogens (tertiary/aromatic N) is 8. The number of carbonyl (C=O) groups excluding carboxylic acids is 3. The number of H-pyrrole nitrogens is 1. The second kappa shape index (κ2) is 17.2. The van der Waals surface area contributed by atoms with Gasteiger partial charge in [-0.3, -0.25) is 29.8 Å². The average Bonchev–Trinajstić information content (AvgIpc) is 3.97. The quantitative estimate of drug-likeness (QED) is 0.132. The third-order valence-corrected chi connectivity index (χ3v) is 12.6. The highest BCUT2D eigenvalue weighted by Gasteiger charge is 2.28. The molecule has 16 heteroatoms. The van der Waals surface area contributed by atoms with Gasteiger partial charge in [-0.1, -0.05) is 44.1 Å². The van der Waals surface area contributed by atoms with Gasteiger partial charge < -0.3 is 19.6 Å². The SMILES string of the molecule is Cc1c(CNC(=O)c2nc(C(C)(C)C)no2)ccc(-c2n[nH]c3ncc(-c4ccc(N5CCN(CC6CCN(c7ccc(N8CCC(=O)NC8=O)cc7)CC6)CC5)cc4)cc23)c1F. The van der Waals surface area contributed by atoms with E-state index in [2.05, 4.69) is 87.1 Å². The van der Waals surface area contributed by atoms with Crippen molar-refractivity contribution in [1.29, 1.82) is 0 Å². The molecule has 3 N–H and O–H groups in total. The summed E-state index contributed by atoms with van der Waals surface area (Å²) in [6, 6.07) is 21.8. The van der Waals surface area contributed by atoms with E-state index in [0.717, 1.165) is 75.5 Å². The fourth-order valence-electron chi connectivity index (χ4n) is 8.68. The second-order valence-corrected chi connectivity index (χ2v) is 17.8. The van der Waals surface area contributed by atoms with Crippen molar-refractivity contribution in [3.05, 3.63) is 102 Å². The van der Waals surface area contributed by atoms with Gasteiger partial charge in [0.05, 0.1) is 0 Å². The van der Waals surface area contributed by atoms with Gasteiger partial charge in [0, 0.05) is 111 Å². The zero-order chi connectivity index (χ0) is 43.8. The summed E-state index contributed by atoms with van der Waals surface area (Å²) >= 11 is 0. The molecule has 3 aliphatic heterocycles. The number of carbonyl (C=O) groups is 3. The molecule has 3 fully saturated rings. The Kier molecular flexibility index (Phi) is 11.4. The molecular weight excluding hydrogens is 802 g/mol. The molecule has 63 heavy (non-hydrogen) atoms. The predicted octanol–water partition coefficient (Wildman–Crippen LogP) is 6.83. The molecule has 9 rings (SSSR count). The van der Waals surface area contributed by atoms with Crippen molar-refractivity contribution in [2.45, 2.75) is 58.9 Å². The Bertz CT molecular complexity index is 2640. The third-order valence-electron chi connectivity index (χ3n) is 12.6. The molecule has 15 nitrogen and oxygen atoms in total. The van der Waals surface area contributed by atoms with Crippen molar-refractivity contribution in [2.75, 3.05) is 67.1 Å². The molecule has 0 aliphatic carbocycles. The number of benzene rings is 3. The van der Waals surface area contributed by atoms with Crippen LogP contribution in [0.1, 0.15) is 67.7 Å². The smallest absolute Gasteiger partial charge is 0.328 e. The van der Waals surface area contributed by atoms with Gasteiger partial charge >= 0.3 is 17.8 Å². The summed E-state index contributed by atoms with van der Waals surface area (Å²) in [4.78, 5) is 54.4. The summed E-state index contributed by atoms with van der Waals surface area (Å²) < 4.78 is 21.2. The Morgan fingerprint density at radius 1 is 0.873 bits per heavy atom. The van der Waals surface area contributed by atoms with E-state index < -0.39 is 11.7 Å². The Labute approximate surface area is 365 Å². The van der Waals surface area contributed by atoms with E-state index in [-0.39, 0.29) is 29.8 Å². The lowest BCUT2D eigenvalue weighted by Gasteiger charge is -2.40. The molecule has 3 aromatic heterocycles. The first-order valence-electron chi connectivity index (χ1n) is 21.7. The van der Waals surface area contributed by atoms with Gasteiger partial charge in [0.25, 0.3) is 0 Å². The minimum atomic E-state index is -0.524. The molecule has 3 saturated heterocycles. The molecule has 3 aromatic carbocycles. The van der Waals surface area contributed by atoms with Gasteiger partial charge in [0.1, 0.15) is 11.5 Å². The number of piperazine rings is 1. The molecule has 4 amide bonds. The predicted molar refractivity (Wildman–Crippen MR) is 239 cm³/mol. The zero-order valence-electron chi connectivity index (χ0n) is 36.1. The minimum Gasteiger partial charge on any atom is -0.372 e. The number of anilines is 3. The van der Waals surface area contributed by atoms with E-state index >= 15 is 4.39 Å². The van der Waals surface area contributed by atoms with E-state index in [9.17, 15) is 14.4 Å². The molecule has 0 atom stereocenters. The molecule has 6 aromatic rings. The van der Waals surface area contributed by atoms with Crippen LogP contribution >= 0.6 is 0 Å². The number of urea groups is 1. The summed E-state index contributed by atoms with van der Waals surface area (Å²) in [5.74, 6) is -0.214. The van der Waals surface area contributed by atoms with Crippen LogP contribution in [-0.2, 0) is 16.8 Å². The van der Waals surface area contributed by atoms with Crippen LogP contribution in [-0.4, -0.2) is 100 Å². The number of halogens is 1. The first-order valence-corrected chi connectivity index (χ1v) is 21.7. The maximum Gasteiger partial charge on any atom is 0.328 e. The lowest BCUT2D eigenvalue weighted by molar-refractivity contribution is -0.120. The van der Waals surface area contributed by atoms with E-state index in [1.165, 1.54) is 11.4 Å². The van der Waals surface area contributed by atoms with Crippen LogP contribution in [0.3, 0.4) is 0 Å². The highest BCUT2D eigenvalue weighted by atomic mass is 19.1. The second-order valence-electron chi connectivity index (χ2n) is 17.8. The van der Waals surface area contributed by atoms with E-state index in [1.54, 1.807) is 24.0 Å². The molecule has 0 bridgehead atoms. The fraction of sp³-hybridized carbons (Fsp3) is 0.383. The van der Waals surface area contributed by atoms with Crippen molar-refractivity contribution in [2.24, 2.45) is 5.92 Å². The number of piperidine rings is 1. The molecule has 0 saturated carbocycles. The molecule has 0 radical (unpaired) electrons. The number of nitrogens with one attached hydrogen (secondary N) is 3. The number of pyridine rings is 1. The fourth-order valence-corrected chi connectivity index (χ4v) is 8.68. The highest BCUT2D eigenvalue weighted by Crippen LogP contribution is 2.34. The van der Waals surface area contributed by atoms with Crippen LogP contribution in [0, 0.1) is 18.7 Å². The Balaban J connectivity index is 0.771. The topological polar surface area (TPSA) is 169 Å². The standard InChI is InChI=1S/C47H52FN11O4/c1-29-32(26-50-43(61)44-52-45(55-63-44)47(2,3)4)7-14-37(40(29)48)41-38-25-33(27-49-42(38)54-53-41)31-5-8-34(9-6-31)58-23-21-56(22-24-58)28-30-15-18-57(19-16-30)35-10-12-36(13-11-35)59-20-17-39(60)51-46(59)62/h5-14,25,27,30H,15-24,26,28H2,1-4H3,(H,50,61)(H,49,53,54)(H,51,60,62). The monoisotopic (exact) mass is 853 g/mol. The van der Waals surface area contributed by atoms with Crippen LogP contribution in [0.4, 0.5) is 26.2 Å². The number of rotatable bonds is 10. The number of hydrogen-bond donors (Lipinski definition) is 3. The van der Waals surface area contributed by atoms with Crippen molar-refractivity contribution >= 4 is 45.9 Å². The summed E-state index contributed by atoms with van der Waals surface area (Å²) in [7, 11) is 0. The minimum absolute atomic E-state index is 0.0860. The van der Waals surface area contributed by atoms with Crippen molar-refractivity contribution in [3.8, 4) is 22.4 Å². The van der Waals surface area contributed by atoms with Crippen LogP contribution in [0.5, 0.6) is 0 Å². The Morgan fingerprint density at radius 3 is 2.24 bits per heavy atom. The van der Waals surface area contributed by atoms with Crippen LogP contribution < -0.4 is 25.3 Å². The van der Waals surface area contributed by atoms with Crippen LogP contribution in [0.2, 0.25) is 0 Å². The molecular formula is C47H52FN11O4. The van der Waals surface area contributed by atoms with Crippen molar-refractivity contribution in [1.82, 2.24) is 40.9 Å². The Morgan fingerprint density at radius 2 is 1.56 bits per heavy atom. The number of aromatic amines is 1. The molecule has 0 spiro atoms. The van der Waals surface area contributed by atoms with Crippen LogP contribution in [0.15, 0.2) is 77.4 Å². The molecule has 6 heterocycles. The van der Waals surface area contributed by atoms with Crippen molar-refractivity contribution < 1.29 is 23.3 Å². The lowest BCUT2D eigenvalue weighted by atomic mass is 9.95. The number of hydrogen-bond acceptors (Lipinski definition) is 11. The average molecular weight is 854 g/mol. The summed E-state index contributed by atoms with van der Waals surface area (Å²) in [5.41, 5.74) is 7.09. The number of fused-ring (bicyclic) bond motifs is 1. The summed E-state index contributed by atoms with van der Waals surface area (Å²) in [6.45, 7) is 15.1. The van der Waals surface area contributed by atoms with Gasteiger partial charge in [-0.2, -0.15) is 10.1 Å². The molecule has 326 valence electrons. The van der Waals surface area contributed by atoms with Gasteiger partial charge in [0.2, 0.25) is 5.91 Å². The summed E-state index contributed by atoms with van der Waals surface area (Å²) in [5, 5.41) is 17.2. The van der Waals surface area contributed by atoms with E-state index in [0.29, 0.717) is 58.1 Å². The largest absolute Gasteiger partial charge is 0.372 e. The number of imide groups is 1. The summed E-state index contributed by atoms with van der Waals surface area (Å²) in [6.07, 6.45) is 4.41. The van der Waals surface area contributed by atoms with Gasteiger partial charge in [-0.05, 0) is 90.9 Å². The first-order chi connectivity index (χ1) is 30.4. The van der Waals surface area contributed by atoms with Gasteiger partial charge in [0.15, 0.2) is 11.5 Å². The lowest BCUT2D eigenvalue weighted by Crippen LogP contribution is -2.49. The van der Waals surface area contributed by atoms with E-state index in [4.69, 9.17) is 4.52 Å². The normalized spacial score (nSPS) is 16.8. The maximum atomic E-state index is 16.0. The van der Waals surface area contributed by atoms with Gasteiger partial charge in [-0.15, -0.1) is 0 Å². The maximum absolute atomic E-state index is 16.0. The number of aromatic nitrogens is 5. The van der Waals surface area contributed by atoms with Crippen LogP contribution in [0.25, 0.3) is 33.4 Å². The number of amides is 4.